The molecule has 7 heteroatoms. The average molecular weight is 334 g/mol. The van der Waals surface area contributed by atoms with Gasteiger partial charge in [-0.1, -0.05) is 34.8 Å². The van der Waals surface area contributed by atoms with Crippen LogP contribution in [0, 0.1) is 5.82 Å². The smallest absolute Gasteiger partial charge is 0.255 e. The molecule has 2 aromatic rings. The van der Waals surface area contributed by atoms with Gasteiger partial charge < -0.3 is 11.1 Å². The molecule has 2 rings (SSSR count). The zero-order chi connectivity index (χ0) is 14.9. The van der Waals surface area contributed by atoms with Gasteiger partial charge in [0, 0.05) is 11.3 Å². The SMILES string of the molecule is Nc1ccc(C(=O)Nc2cc(Cl)c(F)c(Cl)c2)cc1Cl. The molecule has 0 aliphatic heterocycles. The Kier molecular flexibility index (Phi) is 4.38. The van der Waals surface area contributed by atoms with Gasteiger partial charge in [-0.05, 0) is 30.3 Å². The van der Waals surface area contributed by atoms with E-state index in [1.54, 1.807) is 0 Å². The van der Waals surface area contributed by atoms with E-state index in [1.165, 1.54) is 30.3 Å². The predicted molar refractivity (Wildman–Crippen MR) is 80.2 cm³/mol. The number of carbonyl (C=O) groups is 1. The summed E-state index contributed by atoms with van der Waals surface area (Å²) in [6.45, 7) is 0. The summed E-state index contributed by atoms with van der Waals surface area (Å²) < 4.78 is 13.3. The van der Waals surface area contributed by atoms with Crippen molar-refractivity contribution in [3.8, 4) is 0 Å². The standard InChI is InChI=1S/C13H8Cl3FN2O/c14-8-3-6(1-2-11(8)18)13(20)19-7-4-9(15)12(17)10(16)5-7/h1-5H,18H2,(H,19,20). The number of amides is 1. The zero-order valence-electron chi connectivity index (χ0n) is 9.88. The van der Waals surface area contributed by atoms with Crippen LogP contribution in [0.4, 0.5) is 15.8 Å². The Hall–Kier alpha value is -1.49. The highest BCUT2D eigenvalue weighted by molar-refractivity contribution is 6.35. The van der Waals surface area contributed by atoms with Crippen LogP contribution < -0.4 is 11.1 Å². The normalized spacial score (nSPS) is 10.4. The van der Waals surface area contributed by atoms with E-state index in [4.69, 9.17) is 40.5 Å². The second kappa shape index (κ2) is 5.87. The molecule has 104 valence electrons. The molecular formula is C13H8Cl3FN2O. The van der Waals surface area contributed by atoms with Gasteiger partial charge in [0.05, 0.1) is 20.8 Å². The molecule has 0 radical (unpaired) electrons. The van der Waals surface area contributed by atoms with E-state index in [9.17, 15) is 9.18 Å². The summed E-state index contributed by atoms with van der Waals surface area (Å²) in [7, 11) is 0. The highest BCUT2D eigenvalue weighted by Crippen LogP contribution is 2.28. The molecule has 0 aliphatic rings. The van der Waals surface area contributed by atoms with E-state index in [2.05, 4.69) is 5.32 Å². The van der Waals surface area contributed by atoms with Crippen molar-refractivity contribution >= 4 is 52.1 Å². The van der Waals surface area contributed by atoms with Crippen LogP contribution in [-0.2, 0) is 0 Å². The Labute approximate surface area is 129 Å². The van der Waals surface area contributed by atoms with Crippen LogP contribution in [0.3, 0.4) is 0 Å². The fraction of sp³-hybridized carbons (Fsp3) is 0. The van der Waals surface area contributed by atoms with Crippen LogP contribution in [0.25, 0.3) is 0 Å². The molecule has 0 spiro atoms. The average Bonchev–Trinajstić information content (AvgIpc) is 2.39. The number of carbonyl (C=O) groups excluding carboxylic acids is 1. The van der Waals surface area contributed by atoms with Gasteiger partial charge in [0.2, 0.25) is 0 Å². The van der Waals surface area contributed by atoms with Crippen LogP contribution in [0.1, 0.15) is 10.4 Å². The third kappa shape index (κ3) is 3.15. The number of halogens is 4. The number of rotatable bonds is 2. The predicted octanol–water partition coefficient (Wildman–Crippen LogP) is 4.62. The van der Waals surface area contributed by atoms with Crippen molar-refractivity contribution in [1.29, 1.82) is 0 Å². The number of hydrogen-bond acceptors (Lipinski definition) is 2. The van der Waals surface area contributed by atoms with Crippen molar-refractivity contribution < 1.29 is 9.18 Å². The van der Waals surface area contributed by atoms with Crippen LogP contribution in [0.2, 0.25) is 15.1 Å². The number of anilines is 2. The highest BCUT2D eigenvalue weighted by Gasteiger charge is 2.12. The van der Waals surface area contributed by atoms with Crippen LogP contribution in [-0.4, -0.2) is 5.91 Å². The quantitative estimate of drug-likeness (QED) is 0.622. The van der Waals surface area contributed by atoms with Crippen LogP contribution in [0.15, 0.2) is 30.3 Å². The van der Waals surface area contributed by atoms with Gasteiger partial charge in [-0.3, -0.25) is 4.79 Å². The second-order valence-corrected chi connectivity index (χ2v) is 5.17. The molecule has 0 saturated carbocycles. The van der Waals surface area contributed by atoms with Crippen LogP contribution in [0.5, 0.6) is 0 Å². The minimum absolute atomic E-state index is 0.178. The number of hydrogen-bond donors (Lipinski definition) is 2. The maximum atomic E-state index is 13.3. The lowest BCUT2D eigenvalue weighted by atomic mass is 10.2. The van der Waals surface area contributed by atoms with Gasteiger partial charge in [-0.2, -0.15) is 0 Å². The van der Waals surface area contributed by atoms with E-state index >= 15 is 0 Å². The monoisotopic (exact) mass is 332 g/mol. The van der Waals surface area contributed by atoms with Gasteiger partial charge in [-0.15, -0.1) is 0 Å². The topological polar surface area (TPSA) is 55.1 Å². The van der Waals surface area contributed by atoms with Crippen molar-refractivity contribution in [2.75, 3.05) is 11.1 Å². The first kappa shape index (κ1) is 14.9. The Morgan fingerprint density at radius 3 is 2.20 bits per heavy atom. The third-order valence-electron chi connectivity index (χ3n) is 2.50. The number of nitrogens with one attached hydrogen (secondary N) is 1. The first-order valence-corrected chi connectivity index (χ1v) is 6.53. The van der Waals surface area contributed by atoms with Gasteiger partial charge in [0.1, 0.15) is 0 Å². The largest absolute Gasteiger partial charge is 0.398 e. The minimum Gasteiger partial charge on any atom is -0.398 e. The van der Waals surface area contributed by atoms with Gasteiger partial charge >= 0.3 is 0 Å². The van der Waals surface area contributed by atoms with E-state index in [0.29, 0.717) is 11.3 Å². The van der Waals surface area contributed by atoms with Crippen molar-refractivity contribution in [1.82, 2.24) is 0 Å². The summed E-state index contributed by atoms with van der Waals surface area (Å²) in [6.07, 6.45) is 0. The van der Waals surface area contributed by atoms with Crippen molar-refractivity contribution in [3.05, 3.63) is 56.8 Å². The lowest BCUT2D eigenvalue weighted by Gasteiger charge is -2.08. The Morgan fingerprint density at radius 1 is 1.05 bits per heavy atom. The van der Waals surface area contributed by atoms with E-state index in [-0.39, 0.29) is 20.8 Å². The molecule has 0 aromatic heterocycles. The van der Waals surface area contributed by atoms with Gasteiger partial charge in [-0.25, -0.2) is 4.39 Å². The summed E-state index contributed by atoms with van der Waals surface area (Å²) in [5.41, 5.74) is 6.51. The first-order valence-electron chi connectivity index (χ1n) is 5.39. The number of nitrogens with two attached hydrogens (primary N) is 1. The summed E-state index contributed by atoms with van der Waals surface area (Å²) in [5, 5.41) is 2.46. The van der Waals surface area contributed by atoms with Crippen molar-refractivity contribution in [2.24, 2.45) is 0 Å². The van der Waals surface area contributed by atoms with Gasteiger partial charge in [0.25, 0.3) is 5.91 Å². The second-order valence-electron chi connectivity index (χ2n) is 3.94. The first-order chi connectivity index (χ1) is 9.38. The molecule has 0 bridgehead atoms. The number of nitrogen functional groups attached to an aromatic ring is 1. The summed E-state index contributed by atoms with van der Waals surface area (Å²) >= 11 is 17.1. The molecule has 20 heavy (non-hydrogen) atoms. The Bertz CT molecular complexity index is 668. The molecule has 3 N–H and O–H groups in total. The van der Waals surface area contributed by atoms with Crippen molar-refractivity contribution in [3.63, 3.8) is 0 Å². The zero-order valence-corrected chi connectivity index (χ0v) is 12.2. The molecule has 0 aliphatic carbocycles. The van der Waals surface area contributed by atoms with E-state index < -0.39 is 11.7 Å². The van der Waals surface area contributed by atoms with Gasteiger partial charge in [0.15, 0.2) is 5.82 Å². The number of benzene rings is 2. The fourth-order valence-electron chi connectivity index (χ4n) is 1.50. The highest BCUT2D eigenvalue weighted by atomic mass is 35.5. The summed E-state index contributed by atoms with van der Waals surface area (Å²) in [6, 6.07) is 6.99. The lowest BCUT2D eigenvalue weighted by molar-refractivity contribution is 0.102. The molecule has 0 unspecified atom stereocenters. The molecule has 2 aromatic carbocycles. The maximum Gasteiger partial charge on any atom is 0.255 e. The Morgan fingerprint density at radius 2 is 1.65 bits per heavy atom. The molecule has 0 fully saturated rings. The van der Waals surface area contributed by atoms with Crippen molar-refractivity contribution in [2.45, 2.75) is 0 Å². The maximum absolute atomic E-state index is 13.3. The molecule has 0 heterocycles. The summed E-state index contributed by atoms with van der Waals surface area (Å²) in [4.78, 5) is 12.0. The molecule has 3 nitrogen and oxygen atoms in total. The molecular weight excluding hydrogens is 326 g/mol. The molecule has 1 amide bonds. The summed E-state index contributed by atoms with van der Waals surface area (Å²) in [5.74, 6) is -1.17. The molecule has 0 saturated heterocycles. The minimum atomic E-state index is -0.734. The lowest BCUT2D eigenvalue weighted by Crippen LogP contribution is -2.12. The Balaban J connectivity index is 2.25. The van der Waals surface area contributed by atoms with E-state index in [0.717, 1.165) is 0 Å². The fourth-order valence-corrected chi connectivity index (χ4v) is 2.17. The van der Waals surface area contributed by atoms with E-state index in [1.807, 2.05) is 0 Å². The van der Waals surface area contributed by atoms with Crippen LogP contribution >= 0.6 is 34.8 Å². The molecule has 0 atom stereocenters. The third-order valence-corrected chi connectivity index (χ3v) is 3.38.